The second-order valence-electron chi connectivity index (χ2n) is 5.92. The predicted molar refractivity (Wildman–Crippen MR) is 94.4 cm³/mol. The molecule has 23 heavy (non-hydrogen) atoms. The van der Waals surface area contributed by atoms with Crippen LogP contribution in [-0.2, 0) is 6.42 Å². The maximum atomic E-state index is 12.9. The summed E-state index contributed by atoms with van der Waals surface area (Å²) in [7, 11) is 0. The Balaban J connectivity index is 1.73. The lowest BCUT2D eigenvalue weighted by Crippen LogP contribution is -2.39. The number of hydrogen-bond donors (Lipinski definition) is 2. The molecule has 2 rings (SSSR count). The number of hydrogen-bond acceptors (Lipinski definition) is 2. The third-order valence-corrected chi connectivity index (χ3v) is 4.09. The van der Waals surface area contributed by atoms with Crippen LogP contribution in [0.3, 0.4) is 0 Å². The molecule has 0 radical (unpaired) electrons. The zero-order valence-electron chi connectivity index (χ0n) is 14.3. The molecule has 5 heteroatoms. The summed E-state index contributed by atoms with van der Waals surface area (Å²) in [6.07, 6.45) is 3.54. The number of likely N-dealkylation sites (N-methyl/N-ethyl adjacent to an activating group) is 1. The minimum absolute atomic E-state index is 0.187. The molecule has 0 saturated heterocycles. The van der Waals surface area contributed by atoms with Crippen molar-refractivity contribution in [2.75, 3.05) is 32.7 Å². The topological polar surface area (TPSA) is 39.7 Å². The molecule has 0 aliphatic heterocycles. The highest BCUT2D eigenvalue weighted by Gasteiger charge is 2.27. The molecule has 1 fully saturated rings. The summed E-state index contributed by atoms with van der Waals surface area (Å²) in [4.78, 5) is 7.15. The summed E-state index contributed by atoms with van der Waals surface area (Å²) in [5.74, 6) is 0.675. The maximum Gasteiger partial charge on any atom is 0.191 e. The van der Waals surface area contributed by atoms with E-state index in [1.165, 1.54) is 25.0 Å². The largest absolute Gasteiger partial charge is 0.357 e. The van der Waals surface area contributed by atoms with Gasteiger partial charge in [-0.2, -0.15) is 0 Å². The second-order valence-corrected chi connectivity index (χ2v) is 5.92. The molecule has 1 aromatic rings. The first-order valence-corrected chi connectivity index (χ1v) is 8.73. The summed E-state index contributed by atoms with van der Waals surface area (Å²) in [5.41, 5.74) is 1.13. The van der Waals surface area contributed by atoms with E-state index in [1.807, 2.05) is 12.1 Å². The molecule has 1 aromatic carbocycles. The Morgan fingerprint density at radius 3 is 2.57 bits per heavy atom. The lowest BCUT2D eigenvalue weighted by Gasteiger charge is -2.19. The molecule has 2 N–H and O–H groups in total. The van der Waals surface area contributed by atoms with Crippen LogP contribution in [-0.4, -0.2) is 49.6 Å². The molecule has 0 amide bonds. The lowest BCUT2D eigenvalue weighted by molar-refractivity contribution is 0.286. The van der Waals surface area contributed by atoms with E-state index < -0.39 is 0 Å². The van der Waals surface area contributed by atoms with Gasteiger partial charge in [0.25, 0.3) is 0 Å². The molecule has 1 aliphatic rings. The fourth-order valence-electron chi connectivity index (χ4n) is 2.65. The fraction of sp³-hybridized carbons (Fsp3) is 0.611. The van der Waals surface area contributed by atoms with Crippen molar-refractivity contribution < 1.29 is 4.39 Å². The smallest absolute Gasteiger partial charge is 0.191 e. The van der Waals surface area contributed by atoms with Crippen molar-refractivity contribution in [3.8, 4) is 0 Å². The van der Waals surface area contributed by atoms with E-state index in [-0.39, 0.29) is 5.82 Å². The quantitative estimate of drug-likeness (QED) is 0.542. The average molecular weight is 320 g/mol. The molecule has 128 valence electrons. The molecular formula is C18H29FN4. The standard InChI is InChI=1S/C18H29FN4/c1-3-20-18(22-13-14-23(4-2)17-9-10-17)21-12-11-15-5-7-16(19)8-6-15/h5-8,17H,3-4,9-14H2,1-2H3,(H2,20,21,22). The van der Waals surface area contributed by atoms with Gasteiger partial charge in [0, 0.05) is 25.7 Å². The average Bonchev–Trinajstić information content (AvgIpc) is 3.38. The van der Waals surface area contributed by atoms with E-state index in [0.717, 1.165) is 56.7 Å². The Bertz CT molecular complexity index is 482. The van der Waals surface area contributed by atoms with Crippen LogP contribution in [0.4, 0.5) is 4.39 Å². The van der Waals surface area contributed by atoms with E-state index in [4.69, 9.17) is 0 Å². The van der Waals surface area contributed by atoms with Crippen molar-refractivity contribution in [2.24, 2.45) is 4.99 Å². The molecule has 1 saturated carbocycles. The summed E-state index contributed by atoms with van der Waals surface area (Å²) in [6, 6.07) is 7.47. The number of nitrogens with zero attached hydrogens (tertiary/aromatic N) is 2. The summed E-state index contributed by atoms with van der Waals surface area (Å²) in [5, 5.41) is 6.62. The van der Waals surface area contributed by atoms with Crippen LogP contribution in [0.15, 0.2) is 29.3 Å². The highest BCUT2D eigenvalue weighted by atomic mass is 19.1. The van der Waals surface area contributed by atoms with E-state index in [9.17, 15) is 4.39 Å². The molecule has 0 heterocycles. The molecule has 1 aliphatic carbocycles. The monoisotopic (exact) mass is 320 g/mol. The highest BCUT2D eigenvalue weighted by Crippen LogP contribution is 2.25. The van der Waals surface area contributed by atoms with Gasteiger partial charge in [-0.15, -0.1) is 0 Å². The van der Waals surface area contributed by atoms with Crippen molar-refractivity contribution in [1.29, 1.82) is 0 Å². The summed E-state index contributed by atoms with van der Waals surface area (Å²) < 4.78 is 12.9. The first-order valence-electron chi connectivity index (χ1n) is 8.73. The van der Waals surface area contributed by atoms with Gasteiger partial charge >= 0.3 is 0 Å². The number of halogens is 1. The number of rotatable bonds is 9. The van der Waals surface area contributed by atoms with Gasteiger partial charge < -0.3 is 10.6 Å². The highest BCUT2D eigenvalue weighted by molar-refractivity contribution is 5.79. The molecule has 0 bridgehead atoms. The van der Waals surface area contributed by atoms with Crippen molar-refractivity contribution >= 4 is 5.96 Å². The Hall–Kier alpha value is -1.62. The van der Waals surface area contributed by atoms with Gasteiger partial charge in [0.15, 0.2) is 5.96 Å². The van der Waals surface area contributed by atoms with Crippen LogP contribution in [0.2, 0.25) is 0 Å². The van der Waals surface area contributed by atoms with Gasteiger partial charge in [0.05, 0.1) is 6.54 Å². The molecule has 0 unspecified atom stereocenters. The fourth-order valence-corrected chi connectivity index (χ4v) is 2.65. The minimum atomic E-state index is -0.187. The van der Waals surface area contributed by atoms with Gasteiger partial charge in [0.1, 0.15) is 5.82 Å². The zero-order chi connectivity index (χ0) is 16.5. The molecule has 0 aromatic heterocycles. The normalized spacial score (nSPS) is 15.0. The summed E-state index contributed by atoms with van der Waals surface area (Å²) in [6.45, 7) is 8.87. The molecule has 0 spiro atoms. The van der Waals surface area contributed by atoms with Crippen LogP contribution in [0, 0.1) is 5.82 Å². The number of aliphatic imine (C=N–C) groups is 1. The first kappa shape index (κ1) is 17.7. The van der Waals surface area contributed by atoms with E-state index in [1.54, 1.807) is 0 Å². The predicted octanol–water partition coefficient (Wildman–Crippen LogP) is 2.41. The first-order chi connectivity index (χ1) is 11.2. The van der Waals surface area contributed by atoms with Crippen molar-refractivity contribution in [3.63, 3.8) is 0 Å². The van der Waals surface area contributed by atoms with E-state index in [2.05, 4.69) is 34.4 Å². The van der Waals surface area contributed by atoms with Crippen LogP contribution >= 0.6 is 0 Å². The third kappa shape index (κ3) is 6.57. The minimum Gasteiger partial charge on any atom is -0.357 e. The van der Waals surface area contributed by atoms with Crippen molar-refractivity contribution in [1.82, 2.24) is 15.5 Å². The Labute approximate surface area is 139 Å². The van der Waals surface area contributed by atoms with Crippen molar-refractivity contribution in [2.45, 2.75) is 39.2 Å². The van der Waals surface area contributed by atoms with Crippen LogP contribution in [0.5, 0.6) is 0 Å². The van der Waals surface area contributed by atoms with E-state index >= 15 is 0 Å². The van der Waals surface area contributed by atoms with Gasteiger partial charge in [0.2, 0.25) is 0 Å². The SMILES string of the molecule is CCNC(=NCCN(CC)C1CC1)NCCc1ccc(F)cc1. The number of benzene rings is 1. The second kappa shape index (κ2) is 9.50. The maximum absolute atomic E-state index is 12.9. The van der Waals surface area contributed by atoms with Gasteiger partial charge in [-0.05, 0) is 50.4 Å². The van der Waals surface area contributed by atoms with Gasteiger partial charge in [-0.1, -0.05) is 19.1 Å². The van der Waals surface area contributed by atoms with Crippen LogP contribution in [0.25, 0.3) is 0 Å². The Morgan fingerprint density at radius 1 is 1.22 bits per heavy atom. The third-order valence-electron chi connectivity index (χ3n) is 4.09. The van der Waals surface area contributed by atoms with Crippen LogP contribution < -0.4 is 10.6 Å². The van der Waals surface area contributed by atoms with E-state index in [0.29, 0.717) is 0 Å². The molecule has 4 nitrogen and oxygen atoms in total. The Kier molecular flexibility index (Phi) is 7.33. The van der Waals surface area contributed by atoms with Gasteiger partial charge in [-0.25, -0.2) is 4.39 Å². The number of nitrogens with one attached hydrogen (secondary N) is 2. The number of guanidine groups is 1. The summed E-state index contributed by atoms with van der Waals surface area (Å²) >= 11 is 0. The van der Waals surface area contributed by atoms with Gasteiger partial charge in [-0.3, -0.25) is 9.89 Å². The molecule has 0 atom stereocenters. The van der Waals surface area contributed by atoms with Crippen LogP contribution in [0.1, 0.15) is 32.3 Å². The lowest BCUT2D eigenvalue weighted by atomic mass is 10.1. The Morgan fingerprint density at radius 2 is 1.96 bits per heavy atom. The van der Waals surface area contributed by atoms with Crippen molar-refractivity contribution in [3.05, 3.63) is 35.6 Å². The molecular weight excluding hydrogens is 291 g/mol. The zero-order valence-corrected chi connectivity index (χ0v) is 14.3.